The van der Waals surface area contributed by atoms with Crippen LogP contribution in [0.3, 0.4) is 0 Å². The molecule has 1 aromatic carbocycles. The van der Waals surface area contributed by atoms with E-state index in [-0.39, 0.29) is 18.0 Å². The highest BCUT2D eigenvalue weighted by molar-refractivity contribution is 6.50. The summed E-state index contributed by atoms with van der Waals surface area (Å²) in [6.45, 7) is 3.80. The third kappa shape index (κ3) is 7.61. The molecule has 35 heavy (non-hydrogen) atoms. The third-order valence-corrected chi connectivity index (χ3v) is 5.26. The molecule has 1 aliphatic heterocycles. The van der Waals surface area contributed by atoms with Crippen LogP contribution in [0.15, 0.2) is 48.9 Å². The summed E-state index contributed by atoms with van der Waals surface area (Å²) < 4.78 is 10.7. The summed E-state index contributed by atoms with van der Waals surface area (Å²) in [6.07, 6.45) is 2.81. The van der Waals surface area contributed by atoms with E-state index in [2.05, 4.69) is 20.6 Å². The molecule has 1 aromatic heterocycles. The molecule has 12 heteroatoms. The number of carbonyl (C=O) groups is 4. The highest BCUT2D eigenvalue weighted by Gasteiger charge is 2.44. The molecule has 0 bridgehead atoms. The first kappa shape index (κ1) is 25.8. The lowest BCUT2D eigenvalue weighted by Gasteiger charge is -2.31. The van der Waals surface area contributed by atoms with Gasteiger partial charge in [0.2, 0.25) is 5.91 Å². The fraction of sp³-hybridized carbons (Fsp3) is 0.391. The van der Waals surface area contributed by atoms with E-state index in [1.165, 1.54) is 18.6 Å². The maximum atomic E-state index is 13.4. The van der Waals surface area contributed by atoms with Gasteiger partial charge in [-0.15, -0.1) is 0 Å². The minimum absolute atomic E-state index is 0.0472. The molecule has 2 aromatic rings. The number of amides is 2. The van der Waals surface area contributed by atoms with Crippen LogP contribution in [0.25, 0.3) is 0 Å². The van der Waals surface area contributed by atoms with Crippen LogP contribution >= 0.6 is 0 Å². The highest BCUT2D eigenvalue weighted by Crippen LogP contribution is 2.18. The van der Waals surface area contributed by atoms with Gasteiger partial charge in [0.25, 0.3) is 11.9 Å². The Bertz CT molecular complexity index is 1040. The van der Waals surface area contributed by atoms with Gasteiger partial charge in [0.05, 0.1) is 18.6 Å². The molecule has 2 amide bonds. The number of hydrogen-bond acceptors (Lipinski definition) is 8. The summed E-state index contributed by atoms with van der Waals surface area (Å²) in [5, 5.41) is 14.8. The van der Waals surface area contributed by atoms with Crippen LogP contribution in [0.4, 0.5) is 0 Å². The van der Waals surface area contributed by atoms with Crippen LogP contribution in [-0.2, 0) is 30.1 Å². The average molecular weight is 482 g/mol. The number of carboxylic acids is 1. The molecule has 0 aliphatic carbocycles. The largest absolute Gasteiger partial charge is 0.551 e. The average Bonchev–Trinajstić information content (AvgIpc) is 2.83. The van der Waals surface area contributed by atoms with Crippen LogP contribution in [-0.4, -0.2) is 64.0 Å². The van der Waals surface area contributed by atoms with Gasteiger partial charge in [-0.1, -0.05) is 44.2 Å². The Balaban J connectivity index is 1.80. The second-order valence-electron chi connectivity index (χ2n) is 8.58. The first-order valence-electron chi connectivity index (χ1n) is 11.2. The van der Waals surface area contributed by atoms with Crippen molar-refractivity contribution >= 4 is 30.9 Å². The van der Waals surface area contributed by atoms with Crippen molar-refractivity contribution in [3.05, 3.63) is 60.2 Å². The second kappa shape index (κ2) is 12.1. The first-order chi connectivity index (χ1) is 16.7. The summed E-state index contributed by atoms with van der Waals surface area (Å²) >= 11 is 0. The molecule has 0 saturated carbocycles. The smallest absolute Gasteiger partial charge is 0.508 e. The van der Waals surface area contributed by atoms with Gasteiger partial charge in [-0.2, -0.15) is 0 Å². The lowest BCUT2D eigenvalue weighted by Crippen LogP contribution is -2.59. The zero-order valence-electron chi connectivity index (χ0n) is 19.4. The highest BCUT2D eigenvalue weighted by atomic mass is 16.6. The SMILES string of the molecule is CC(C)CC(NC(=O)C(Cc1ccccc1)NC(=O)c1cnccn1)B1OC(=O)C[C@@H](C(=O)O)O1. The van der Waals surface area contributed by atoms with Crippen LogP contribution < -0.4 is 10.6 Å². The fourth-order valence-electron chi connectivity index (χ4n) is 3.63. The number of nitrogens with zero attached hydrogens (tertiary/aromatic N) is 2. The Labute approximate surface area is 202 Å². The van der Waals surface area contributed by atoms with Crippen molar-refractivity contribution < 1.29 is 33.6 Å². The molecule has 1 saturated heterocycles. The molecule has 3 atom stereocenters. The lowest BCUT2D eigenvalue weighted by atomic mass is 9.72. The predicted molar refractivity (Wildman–Crippen MR) is 124 cm³/mol. The maximum Gasteiger partial charge on any atom is 0.551 e. The van der Waals surface area contributed by atoms with Crippen molar-refractivity contribution in [2.24, 2.45) is 5.92 Å². The van der Waals surface area contributed by atoms with E-state index < -0.39 is 55.4 Å². The summed E-state index contributed by atoms with van der Waals surface area (Å²) in [5.74, 6) is -3.93. The zero-order valence-corrected chi connectivity index (χ0v) is 19.4. The predicted octanol–water partition coefficient (Wildman–Crippen LogP) is 0.793. The molecule has 0 spiro atoms. The first-order valence-corrected chi connectivity index (χ1v) is 11.2. The van der Waals surface area contributed by atoms with Crippen molar-refractivity contribution in [1.29, 1.82) is 0 Å². The number of nitrogens with one attached hydrogen (secondary N) is 2. The molecule has 3 N–H and O–H groups in total. The number of benzene rings is 1. The summed E-state index contributed by atoms with van der Waals surface area (Å²) in [7, 11) is -1.28. The lowest BCUT2D eigenvalue weighted by molar-refractivity contribution is -0.157. The monoisotopic (exact) mass is 482 g/mol. The molecular formula is C23H27BN4O7. The topological polar surface area (TPSA) is 157 Å². The van der Waals surface area contributed by atoms with E-state index in [4.69, 9.17) is 9.31 Å². The normalized spacial score (nSPS) is 17.3. The van der Waals surface area contributed by atoms with E-state index in [9.17, 15) is 24.3 Å². The van der Waals surface area contributed by atoms with Crippen LogP contribution in [0.5, 0.6) is 0 Å². The van der Waals surface area contributed by atoms with Gasteiger partial charge < -0.3 is 25.0 Å². The van der Waals surface area contributed by atoms with Crippen molar-refractivity contribution in [1.82, 2.24) is 20.6 Å². The van der Waals surface area contributed by atoms with Crippen LogP contribution in [0.1, 0.15) is 42.7 Å². The standard InChI is InChI=1S/C23H27BN4O7/c1-14(2)10-19(24-34-18(23(32)33)12-20(29)35-24)28-21(30)16(11-15-6-4-3-5-7-15)27-22(31)17-13-25-8-9-26-17/h3-9,13-14,16,18-19H,10-12H2,1-2H3,(H,27,31)(H,28,30)(H,32,33)/t16?,18-,19?/m0/s1. The van der Waals surface area contributed by atoms with E-state index >= 15 is 0 Å². The molecule has 2 unspecified atom stereocenters. The number of aliphatic carboxylic acids is 1. The van der Waals surface area contributed by atoms with Gasteiger partial charge in [-0.3, -0.25) is 19.4 Å². The number of carbonyl (C=O) groups excluding carboxylic acids is 3. The van der Waals surface area contributed by atoms with E-state index in [0.29, 0.717) is 6.42 Å². The van der Waals surface area contributed by atoms with Crippen molar-refractivity contribution in [3.63, 3.8) is 0 Å². The Hall–Kier alpha value is -3.80. The minimum Gasteiger partial charge on any atom is -0.508 e. The van der Waals surface area contributed by atoms with Gasteiger partial charge in [0.1, 0.15) is 11.7 Å². The molecule has 1 aliphatic rings. The van der Waals surface area contributed by atoms with E-state index in [0.717, 1.165) is 5.56 Å². The van der Waals surface area contributed by atoms with Crippen LogP contribution in [0, 0.1) is 5.92 Å². The second-order valence-corrected chi connectivity index (χ2v) is 8.58. The number of rotatable bonds is 10. The third-order valence-electron chi connectivity index (χ3n) is 5.26. The fourth-order valence-corrected chi connectivity index (χ4v) is 3.63. The molecule has 2 heterocycles. The van der Waals surface area contributed by atoms with Crippen molar-refractivity contribution in [2.75, 3.05) is 0 Å². The van der Waals surface area contributed by atoms with Gasteiger partial charge >= 0.3 is 13.1 Å². The Morgan fingerprint density at radius 3 is 2.54 bits per heavy atom. The minimum atomic E-state index is -1.37. The molecule has 3 rings (SSSR count). The van der Waals surface area contributed by atoms with Crippen molar-refractivity contribution in [3.8, 4) is 0 Å². The zero-order chi connectivity index (χ0) is 25.4. The molecule has 1 fully saturated rings. The summed E-state index contributed by atoms with van der Waals surface area (Å²) in [4.78, 5) is 57.3. The summed E-state index contributed by atoms with van der Waals surface area (Å²) in [5.41, 5.74) is 0.852. The van der Waals surface area contributed by atoms with Crippen molar-refractivity contribution in [2.45, 2.75) is 51.2 Å². The van der Waals surface area contributed by atoms with Crippen LogP contribution in [0.2, 0.25) is 0 Å². The maximum absolute atomic E-state index is 13.4. The summed E-state index contributed by atoms with van der Waals surface area (Å²) in [6, 6.07) is 8.11. The Morgan fingerprint density at radius 2 is 1.91 bits per heavy atom. The van der Waals surface area contributed by atoms with Gasteiger partial charge in [0.15, 0.2) is 6.10 Å². The number of hydrogen-bond donors (Lipinski definition) is 3. The Kier molecular flexibility index (Phi) is 8.90. The van der Waals surface area contributed by atoms with E-state index in [1.807, 2.05) is 44.2 Å². The number of aromatic nitrogens is 2. The van der Waals surface area contributed by atoms with E-state index in [1.54, 1.807) is 0 Å². The molecule has 184 valence electrons. The Morgan fingerprint density at radius 1 is 1.17 bits per heavy atom. The quantitative estimate of drug-likeness (QED) is 0.417. The van der Waals surface area contributed by atoms with Gasteiger partial charge in [-0.05, 0) is 17.9 Å². The molecule has 11 nitrogen and oxygen atoms in total. The molecular weight excluding hydrogens is 455 g/mol. The van der Waals surface area contributed by atoms with Gasteiger partial charge in [-0.25, -0.2) is 9.78 Å². The molecule has 0 radical (unpaired) electrons. The number of carboxylic acid groups (broad SMARTS) is 1. The van der Waals surface area contributed by atoms with Gasteiger partial charge in [0, 0.05) is 18.8 Å².